The van der Waals surface area contributed by atoms with Gasteiger partial charge in [-0.2, -0.15) is 0 Å². The molecule has 0 aliphatic rings. The average Bonchev–Trinajstić information content (AvgIpc) is 2.42. The molecule has 0 aliphatic carbocycles. The van der Waals surface area contributed by atoms with Crippen LogP contribution in [-0.4, -0.2) is 9.97 Å². The lowest BCUT2D eigenvalue weighted by Gasteiger charge is -2.08. The molecule has 3 aromatic rings. The number of benzene rings is 2. The lowest BCUT2D eigenvalue weighted by Crippen LogP contribution is -1.94. The van der Waals surface area contributed by atoms with Gasteiger partial charge in [0.2, 0.25) is 0 Å². The number of hydrogen-bond donors (Lipinski definition) is 0. The summed E-state index contributed by atoms with van der Waals surface area (Å²) in [4.78, 5) is 9.00. The van der Waals surface area contributed by atoms with E-state index in [9.17, 15) is 0 Å². The molecule has 0 saturated heterocycles. The van der Waals surface area contributed by atoms with Crippen molar-refractivity contribution in [1.29, 1.82) is 0 Å². The van der Waals surface area contributed by atoms with Crippen LogP contribution in [0.25, 0.3) is 22.3 Å². The van der Waals surface area contributed by atoms with E-state index < -0.39 is 0 Å². The molecule has 20 heavy (non-hydrogen) atoms. The maximum atomic E-state index is 6.29. The summed E-state index contributed by atoms with van der Waals surface area (Å²) in [7, 11) is 0. The van der Waals surface area contributed by atoms with E-state index in [-0.39, 0.29) is 0 Å². The largest absolute Gasteiger partial charge is 0.228 e. The van der Waals surface area contributed by atoms with Gasteiger partial charge in [-0.05, 0) is 59.3 Å². The second kappa shape index (κ2) is 5.47. The third-order valence-corrected chi connectivity index (χ3v) is 4.49. The normalized spacial score (nSPS) is 11.0. The fraction of sp³-hybridized carbons (Fsp3) is 0.0667. The van der Waals surface area contributed by atoms with E-state index in [0.29, 0.717) is 16.0 Å². The number of halogens is 3. The molecule has 3 rings (SSSR count). The Labute approximate surface area is 140 Å². The SMILES string of the molecule is Cc1c(Cl)cccc1-c1nc(Cl)c2cc(I)ccc2n1. The van der Waals surface area contributed by atoms with Gasteiger partial charge in [-0.25, -0.2) is 9.97 Å². The van der Waals surface area contributed by atoms with Gasteiger partial charge in [0.25, 0.3) is 0 Å². The fourth-order valence-corrected chi connectivity index (χ4v) is 2.93. The molecule has 0 bridgehead atoms. The lowest BCUT2D eigenvalue weighted by molar-refractivity contribution is 1.21. The van der Waals surface area contributed by atoms with E-state index in [1.807, 2.05) is 43.3 Å². The minimum Gasteiger partial charge on any atom is -0.228 e. The van der Waals surface area contributed by atoms with Crippen LogP contribution in [0.4, 0.5) is 0 Å². The number of nitrogens with zero attached hydrogens (tertiary/aromatic N) is 2. The van der Waals surface area contributed by atoms with Crippen molar-refractivity contribution in [2.75, 3.05) is 0 Å². The highest BCUT2D eigenvalue weighted by molar-refractivity contribution is 14.1. The summed E-state index contributed by atoms with van der Waals surface area (Å²) >= 11 is 14.7. The monoisotopic (exact) mass is 414 g/mol. The molecule has 2 aromatic carbocycles. The van der Waals surface area contributed by atoms with E-state index in [1.54, 1.807) is 0 Å². The quantitative estimate of drug-likeness (QED) is 0.387. The highest BCUT2D eigenvalue weighted by atomic mass is 127. The van der Waals surface area contributed by atoms with Gasteiger partial charge in [-0.1, -0.05) is 35.3 Å². The summed E-state index contributed by atoms with van der Waals surface area (Å²) in [6.07, 6.45) is 0. The van der Waals surface area contributed by atoms with Crippen LogP contribution in [0.15, 0.2) is 36.4 Å². The minimum atomic E-state index is 0.461. The predicted molar refractivity (Wildman–Crippen MR) is 92.4 cm³/mol. The topological polar surface area (TPSA) is 25.8 Å². The summed E-state index contributed by atoms with van der Waals surface area (Å²) in [6, 6.07) is 11.6. The van der Waals surface area contributed by atoms with Gasteiger partial charge in [-0.15, -0.1) is 0 Å². The van der Waals surface area contributed by atoms with Crippen LogP contribution in [0, 0.1) is 10.5 Å². The van der Waals surface area contributed by atoms with Gasteiger partial charge in [-0.3, -0.25) is 0 Å². The van der Waals surface area contributed by atoms with Gasteiger partial charge < -0.3 is 0 Å². The molecular weight excluding hydrogens is 406 g/mol. The molecule has 0 saturated carbocycles. The Morgan fingerprint density at radius 1 is 1.05 bits per heavy atom. The Bertz CT molecular complexity index is 818. The number of rotatable bonds is 1. The number of aromatic nitrogens is 2. The van der Waals surface area contributed by atoms with Crippen LogP contribution >= 0.6 is 45.8 Å². The van der Waals surface area contributed by atoms with Crippen LogP contribution in [0.5, 0.6) is 0 Å². The van der Waals surface area contributed by atoms with Crippen LogP contribution < -0.4 is 0 Å². The fourth-order valence-electron chi connectivity index (χ4n) is 2.03. The van der Waals surface area contributed by atoms with Gasteiger partial charge in [0.1, 0.15) is 5.15 Å². The number of fused-ring (bicyclic) bond motifs is 1. The Morgan fingerprint density at radius 2 is 1.85 bits per heavy atom. The molecule has 1 heterocycles. The Kier molecular flexibility index (Phi) is 3.84. The second-order valence-electron chi connectivity index (χ2n) is 4.41. The van der Waals surface area contributed by atoms with Gasteiger partial charge in [0.15, 0.2) is 5.82 Å². The zero-order chi connectivity index (χ0) is 14.3. The molecule has 0 spiro atoms. The Morgan fingerprint density at radius 3 is 2.65 bits per heavy atom. The molecule has 0 fully saturated rings. The van der Waals surface area contributed by atoms with Gasteiger partial charge in [0.05, 0.1) is 5.52 Å². The van der Waals surface area contributed by atoms with Crippen molar-refractivity contribution in [2.24, 2.45) is 0 Å². The predicted octanol–water partition coefficient (Wildman–Crippen LogP) is 5.52. The zero-order valence-electron chi connectivity index (χ0n) is 10.5. The van der Waals surface area contributed by atoms with E-state index in [2.05, 4.69) is 32.6 Å². The molecule has 2 nitrogen and oxygen atoms in total. The Balaban J connectivity index is 2.28. The van der Waals surface area contributed by atoms with Crippen LogP contribution in [0.3, 0.4) is 0 Å². The molecule has 0 atom stereocenters. The first-order valence-corrected chi connectivity index (χ1v) is 7.78. The van der Waals surface area contributed by atoms with Crippen LogP contribution in [0.1, 0.15) is 5.56 Å². The van der Waals surface area contributed by atoms with Crippen molar-refractivity contribution in [3.8, 4) is 11.4 Å². The Hall–Kier alpha value is -0.910. The summed E-state index contributed by atoms with van der Waals surface area (Å²) in [5, 5.41) is 2.02. The average molecular weight is 415 g/mol. The molecule has 0 radical (unpaired) electrons. The molecule has 1 aromatic heterocycles. The summed E-state index contributed by atoms with van der Waals surface area (Å²) in [5.74, 6) is 0.601. The number of hydrogen-bond acceptors (Lipinski definition) is 2. The van der Waals surface area contributed by atoms with Crippen LogP contribution in [-0.2, 0) is 0 Å². The minimum absolute atomic E-state index is 0.461. The lowest BCUT2D eigenvalue weighted by atomic mass is 10.1. The van der Waals surface area contributed by atoms with Gasteiger partial charge >= 0.3 is 0 Å². The first-order valence-electron chi connectivity index (χ1n) is 5.94. The van der Waals surface area contributed by atoms with E-state index in [1.165, 1.54) is 0 Å². The first-order chi connectivity index (χ1) is 9.56. The highest BCUT2D eigenvalue weighted by Crippen LogP contribution is 2.30. The van der Waals surface area contributed by atoms with Crippen molar-refractivity contribution in [3.05, 3.63) is 55.7 Å². The first kappa shape index (κ1) is 14.0. The van der Waals surface area contributed by atoms with Crippen LogP contribution in [0.2, 0.25) is 10.2 Å². The molecular formula is C15H9Cl2IN2. The van der Waals surface area contributed by atoms with Gasteiger partial charge in [0, 0.05) is 19.5 Å². The molecule has 5 heteroatoms. The molecule has 100 valence electrons. The van der Waals surface area contributed by atoms with Crippen molar-refractivity contribution in [2.45, 2.75) is 6.92 Å². The molecule has 0 N–H and O–H groups in total. The summed E-state index contributed by atoms with van der Waals surface area (Å²) in [6.45, 7) is 1.95. The summed E-state index contributed by atoms with van der Waals surface area (Å²) < 4.78 is 1.10. The van der Waals surface area contributed by atoms with Crippen molar-refractivity contribution in [3.63, 3.8) is 0 Å². The smallest absolute Gasteiger partial charge is 0.161 e. The second-order valence-corrected chi connectivity index (χ2v) is 6.42. The van der Waals surface area contributed by atoms with Crippen molar-refractivity contribution < 1.29 is 0 Å². The molecule has 0 aliphatic heterocycles. The maximum Gasteiger partial charge on any atom is 0.161 e. The van der Waals surface area contributed by atoms with Crippen molar-refractivity contribution >= 4 is 56.7 Å². The van der Waals surface area contributed by atoms with E-state index in [4.69, 9.17) is 23.2 Å². The van der Waals surface area contributed by atoms with Crippen molar-refractivity contribution in [1.82, 2.24) is 9.97 Å². The third kappa shape index (κ3) is 2.50. The maximum absolute atomic E-state index is 6.29. The molecule has 0 unspecified atom stereocenters. The zero-order valence-corrected chi connectivity index (χ0v) is 14.2. The van der Waals surface area contributed by atoms with E-state index >= 15 is 0 Å². The van der Waals surface area contributed by atoms with E-state index in [0.717, 1.165) is 25.6 Å². The molecule has 0 amide bonds. The third-order valence-electron chi connectivity index (χ3n) is 3.12. The highest BCUT2D eigenvalue weighted by Gasteiger charge is 2.11. The summed E-state index contributed by atoms with van der Waals surface area (Å²) in [5.41, 5.74) is 2.69. The standard InChI is InChI=1S/C15H9Cl2IN2/c1-8-10(3-2-4-12(8)16)15-19-13-6-5-9(18)7-11(13)14(17)20-15/h2-7H,1H3.